The third-order valence-electron chi connectivity index (χ3n) is 5.91. The number of nitrogens with zero attached hydrogens (tertiary/aromatic N) is 1. The third-order valence-corrected chi connectivity index (χ3v) is 5.91. The van der Waals surface area contributed by atoms with E-state index >= 15 is 0 Å². The molecule has 1 aliphatic heterocycles. The van der Waals surface area contributed by atoms with Gasteiger partial charge < -0.3 is 45.4 Å². The van der Waals surface area contributed by atoms with E-state index in [1.54, 1.807) is 0 Å². The number of benzene rings is 1. The number of hydrogen-bond donors (Lipinski definition) is 6. The minimum absolute atomic E-state index is 0.0294. The smallest absolute Gasteiger partial charge is 0.282 e. The third kappa shape index (κ3) is 7.97. The number of carbonyl (C=O) groups excluding carboxylic acids is 1. The van der Waals surface area contributed by atoms with E-state index in [1.165, 1.54) is 0 Å². The number of quaternary nitrogens is 1. The van der Waals surface area contributed by atoms with Gasteiger partial charge in [-0.25, -0.2) is 0 Å². The summed E-state index contributed by atoms with van der Waals surface area (Å²) in [4.78, 5) is 12.8. The first kappa shape index (κ1) is 27.6. The van der Waals surface area contributed by atoms with Crippen molar-refractivity contribution in [3.05, 3.63) is 29.8 Å². The lowest BCUT2D eigenvalue weighted by atomic mass is 9.99. The number of nitrogens with one attached hydrogen (secondary N) is 1. The lowest BCUT2D eigenvalue weighted by molar-refractivity contribution is -0.886. The highest BCUT2D eigenvalue weighted by Gasteiger charge is 2.43. The quantitative estimate of drug-likeness (QED) is 0.171. The van der Waals surface area contributed by atoms with Gasteiger partial charge in [0.05, 0.1) is 34.4 Å². The fraction of sp³-hybridized carbons (Fsp3) is 0.696. The van der Waals surface area contributed by atoms with Crippen LogP contribution >= 0.6 is 0 Å². The van der Waals surface area contributed by atoms with Gasteiger partial charge in [-0.1, -0.05) is 12.1 Å². The average molecular weight is 471 g/mol. The number of unbranched alkanes of at least 4 members (excludes halogenated alkanes) is 1. The van der Waals surface area contributed by atoms with E-state index < -0.39 is 37.3 Å². The molecule has 10 heteroatoms. The Balaban J connectivity index is 1.86. The van der Waals surface area contributed by atoms with Gasteiger partial charge in [-0.3, -0.25) is 4.79 Å². The van der Waals surface area contributed by atoms with Crippen molar-refractivity contribution in [2.45, 2.75) is 62.4 Å². The van der Waals surface area contributed by atoms with Gasteiger partial charge in [-0.05, 0) is 43.5 Å². The van der Waals surface area contributed by atoms with Crippen LogP contribution in [0.4, 0.5) is 5.69 Å². The molecular formula is C23H40N3O7+. The first-order valence-corrected chi connectivity index (χ1v) is 11.4. The number of aliphatic hydroxyl groups is 4. The van der Waals surface area contributed by atoms with Gasteiger partial charge in [-0.2, -0.15) is 0 Å². The molecule has 0 spiro atoms. The second kappa shape index (κ2) is 12.7. The molecule has 0 bridgehead atoms. The van der Waals surface area contributed by atoms with Crippen LogP contribution in [0.1, 0.15) is 24.8 Å². The maximum Gasteiger partial charge on any atom is 0.282 e. The second-order valence-corrected chi connectivity index (χ2v) is 9.42. The summed E-state index contributed by atoms with van der Waals surface area (Å²) < 4.78 is 11.4. The number of aliphatic hydroxyl groups excluding tert-OH is 4. The van der Waals surface area contributed by atoms with Crippen LogP contribution in [0, 0.1) is 0 Å². The Morgan fingerprint density at radius 1 is 1.12 bits per heavy atom. The summed E-state index contributed by atoms with van der Waals surface area (Å²) in [5.74, 6) is -0.0294. The fourth-order valence-corrected chi connectivity index (χ4v) is 3.83. The molecule has 1 saturated heterocycles. The standard InChI is InChI=1S/C23H39N3O7/c1-26(2,3)17(6-4-5-12-24)22(31)25-16-9-7-15(8-10-16)11-13-32-23-21(30)20(29)19(28)18(14-27)33-23/h7-10,17-21,23,27-30H,4-6,11-14,24H2,1-3H3/p+1/t17-,18+,19+,20-,21+,23+/m0/s1. The lowest BCUT2D eigenvalue weighted by Gasteiger charge is -2.39. The monoisotopic (exact) mass is 470 g/mol. The van der Waals surface area contributed by atoms with Crippen LogP contribution in [-0.4, -0.2) is 108 Å². The van der Waals surface area contributed by atoms with Crippen LogP contribution in [0.2, 0.25) is 0 Å². The molecule has 6 atom stereocenters. The zero-order chi connectivity index (χ0) is 24.6. The van der Waals surface area contributed by atoms with Crippen molar-refractivity contribution in [1.29, 1.82) is 0 Å². The van der Waals surface area contributed by atoms with Crippen LogP contribution in [0.25, 0.3) is 0 Å². The van der Waals surface area contributed by atoms with Gasteiger partial charge in [0.25, 0.3) is 5.91 Å². The Morgan fingerprint density at radius 3 is 2.36 bits per heavy atom. The highest BCUT2D eigenvalue weighted by Crippen LogP contribution is 2.22. The fourth-order valence-electron chi connectivity index (χ4n) is 3.83. The van der Waals surface area contributed by atoms with Crippen LogP contribution in [0.5, 0.6) is 0 Å². The summed E-state index contributed by atoms with van der Waals surface area (Å²) >= 11 is 0. The van der Waals surface area contributed by atoms with Gasteiger partial charge in [-0.15, -0.1) is 0 Å². The number of anilines is 1. The lowest BCUT2D eigenvalue weighted by Crippen LogP contribution is -2.59. The zero-order valence-electron chi connectivity index (χ0n) is 19.8. The van der Waals surface area contributed by atoms with E-state index in [4.69, 9.17) is 15.2 Å². The number of likely N-dealkylation sites (N-methyl/N-ethyl adjacent to an activating group) is 1. The van der Waals surface area contributed by atoms with Crippen molar-refractivity contribution in [3.63, 3.8) is 0 Å². The number of carbonyl (C=O) groups is 1. The molecule has 1 aromatic rings. The molecule has 2 rings (SSSR count). The van der Waals surface area contributed by atoms with Gasteiger partial charge in [0.2, 0.25) is 0 Å². The largest absolute Gasteiger partial charge is 0.394 e. The SMILES string of the molecule is C[N+](C)(C)[C@@H](CCCCN)C(=O)Nc1ccc(CCO[C@@H]2O[C@H](CO)[C@@H](O)[C@H](O)[C@H]2O)cc1. The predicted molar refractivity (Wildman–Crippen MR) is 123 cm³/mol. The summed E-state index contributed by atoms with van der Waals surface area (Å²) in [5, 5.41) is 41.9. The molecule has 0 saturated carbocycles. The predicted octanol–water partition coefficient (Wildman–Crippen LogP) is -0.812. The summed E-state index contributed by atoms with van der Waals surface area (Å²) in [6.07, 6.45) is -3.38. The van der Waals surface area contributed by atoms with E-state index in [-0.39, 0.29) is 18.6 Å². The second-order valence-electron chi connectivity index (χ2n) is 9.42. The van der Waals surface area contributed by atoms with Crippen molar-refractivity contribution >= 4 is 11.6 Å². The summed E-state index contributed by atoms with van der Waals surface area (Å²) in [6, 6.07) is 7.23. The molecule has 1 aliphatic rings. The number of hydrogen-bond acceptors (Lipinski definition) is 8. The Hall–Kier alpha value is -1.63. The van der Waals surface area contributed by atoms with Crippen molar-refractivity contribution in [3.8, 4) is 0 Å². The number of nitrogens with two attached hydrogens (primary N) is 1. The van der Waals surface area contributed by atoms with Crippen LogP contribution in [0.3, 0.4) is 0 Å². The summed E-state index contributed by atoms with van der Waals surface area (Å²) in [6.45, 7) is 0.312. The van der Waals surface area contributed by atoms with Crippen LogP contribution in [0.15, 0.2) is 24.3 Å². The first-order chi connectivity index (χ1) is 15.6. The summed E-state index contributed by atoms with van der Waals surface area (Å²) in [5.41, 5.74) is 7.23. The van der Waals surface area contributed by atoms with E-state index in [2.05, 4.69) is 5.32 Å². The first-order valence-electron chi connectivity index (χ1n) is 11.4. The minimum atomic E-state index is -1.46. The zero-order valence-corrected chi connectivity index (χ0v) is 19.8. The Kier molecular flexibility index (Phi) is 10.6. The molecule has 1 heterocycles. The number of rotatable bonds is 12. The molecule has 33 heavy (non-hydrogen) atoms. The molecule has 1 amide bonds. The molecular weight excluding hydrogens is 430 g/mol. The van der Waals surface area contributed by atoms with E-state index in [9.17, 15) is 25.2 Å². The van der Waals surface area contributed by atoms with Crippen molar-refractivity contribution < 1.29 is 39.2 Å². The molecule has 0 aromatic heterocycles. The minimum Gasteiger partial charge on any atom is -0.394 e. The normalized spacial score (nSPS) is 26.7. The van der Waals surface area contributed by atoms with E-state index in [0.29, 0.717) is 23.1 Å². The average Bonchev–Trinajstić information content (AvgIpc) is 2.77. The van der Waals surface area contributed by atoms with Gasteiger partial charge in [0.1, 0.15) is 24.4 Å². The van der Waals surface area contributed by atoms with Gasteiger partial charge in [0.15, 0.2) is 12.3 Å². The molecule has 10 nitrogen and oxygen atoms in total. The molecule has 1 fully saturated rings. The van der Waals surface area contributed by atoms with Crippen LogP contribution < -0.4 is 11.1 Å². The molecule has 0 radical (unpaired) electrons. The molecule has 7 N–H and O–H groups in total. The molecule has 0 aliphatic carbocycles. The van der Waals surface area contributed by atoms with Gasteiger partial charge >= 0.3 is 0 Å². The van der Waals surface area contributed by atoms with Crippen molar-refractivity contribution in [2.24, 2.45) is 5.73 Å². The Labute approximate surface area is 195 Å². The Bertz CT molecular complexity index is 724. The van der Waals surface area contributed by atoms with Crippen molar-refractivity contribution in [1.82, 2.24) is 0 Å². The van der Waals surface area contributed by atoms with Crippen LogP contribution in [-0.2, 0) is 20.7 Å². The highest BCUT2D eigenvalue weighted by atomic mass is 16.7. The number of amides is 1. The number of ether oxygens (including phenoxy) is 2. The summed E-state index contributed by atoms with van der Waals surface area (Å²) in [7, 11) is 6.02. The van der Waals surface area contributed by atoms with Crippen molar-refractivity contribution in [2.75, 3.05) is 46.2 Å². The molecule has 0 unspecified atom stereocenters. The Morgan fingerprint density at radius 2 is 1.79 bits per heavy atom. The topological polar surface area (TPSA) is 154 Å². The van der Waals surface area contributed by atoms with Gasteiger partial charge in [0, 0.05) is 12.1 Å². The molecule has 1 aromatic carbocycles. The maximum absolute atomic E-state index is 12.8. The van der Waals surface area contributed by atoms with E-state index in [0.717, 1.165) is 24.8 Å². The molecule has 188 valence electrons. The van der Waals surface area contributed by atoms with E-state index in [1.807, 2.05) is 45.4 Å². The highest BCUT2D eigenvalue weighted by molar-refractivity contribution is 5.94. The maximum atomic E-state index is 12.8.